The molecule has 0 heterocycles. The molecule has 2 unspecified atom stereocenters. The molecule has 1 rings (SSSR count). The Morgan fingerprint density at radius 1 is 1.33 bits per heavy atom. The highest BCUT2D eigenvalue weighted by Gasteiger charge is 2.20. The number of rotatable bonds is 6. The van der Waals surface area contributed by atoms with Gasteiger partial charge < -0.3 is 5.32 Å². The van der Waals surface area contributed by atoms with Crippen molar-refractivity contribution in [2.75, 3.05) is 18.1 Å². The zero-order valence-corrected chi connectivity index (χ0v) is 10.6. The molecule has 0 aromatic carbocycles. The van der Waals surface area contributed by atoms with Gasteiger partial charge in [0.25, 0.3) is 0 Å². The summed E-state index contributed by atoms with van der Waals surface area (Å²) in [5.41, 5.74) is 0. The van der Waals surface area contributed by atoms with Gasteiger partial charge >= 0.3 is 0 Å². The SMILES string of the molecule is CCS(=O)(=O)CCCNC1CCC(C)C1. The quantitative estimate of drug-likeness (QED) is 0.709. The average molecular weight is 233 g/mol. The summed E-state index contributed by atoms with van der Waals surface area (Å²) < 4.78 is 22.4. The Hall–Kier alpha value is -0.0900. The first kappa shape index (κ1) is 13.0. The normalized spacial score (nSPS) is 27.1. The number of nitrogens with one attached hydrogen (secondary N) is 1. The maximum atomic E-state index is 11.2. The lowest BCUT2D eigenvalue weighted by atomic mass is 10.1. The Morgan fingerprint density at radius 3 is 2.60 bits per heavy atom. The predicted octanol–water partition coefficient (Wildman–Crippen LogP) is 1.59. The molecule has 1 fully saturated rings. The summed E-state index contributed by atoms with van der Waals surface area (Å²) in [5.74, 6) is 1.44. The van der Waals surface area contributed by atoms with E-state index in [0.717, 1.165) is 18.9 Å². The van der Waals surface area contributed by atoms with Crippen LogP contribution in [0.25, 0.3) is 0 Å². The molecule has 1 saturated carbocycles. The Morgan fingerprint density at radius 2 is 2.07 bits per heavy atom. The summed E-state index contributed by atoms with van der Waals surface area (Å²) in [6.07, 6.45) is 4.56. The number of hydrogen-bond acceptors (Lipinski definition) is 3. The largest absolute Gasteiger partial charge is 0.314 e. The zero-order valence-electron chi connectivity index (χ0n) is 9.83. The topological polar surface area (TPSA) is 46.2 Å². The summed E-state index contributed by atoms with van der Waals surface area (Å²) >= 11 is 0. The molecule has 4 heteroatoms. The first-order valence-corrected chi connectivity index (χ1v) is 7.79. The van der Waals surface area contributed by atoms with Gasteiger partial charge in [-0.15, -0.1) is 0 Å². The van der Waals surface area contributed by atoms with Gasteiger partial charge in [0, 0.05) is 11.8 Å². The van der Waals surface area contributed by atoms with E-state index in [-0.39, 0.29) is 5.75 Å². The van der Waals surface area contributed by atoms with E-state index in [2.05, 4.69) is 12.2 Å². The fraction of sp³-hybridized carbons (Fsp3) is 1.00. The minimum absolute atomic E-state index is 0.271. The lowest BCUT2D eigenvalue weighted by Gasteiger charge is -2.11. The van der Waals surface area contributed by atoms with Gasteiger partial charge in [-0.05, 0) is 38.1 Å². The lowest BCUT2D eigenvalue weighted by Crippen LogP contribution is -2.28. The summed E-state index contributed by atoms with van der Waals surface area (Å²) in [5, 5.41) is 3.44. The third-order valence-electron chi connectivity index (χ3n) is 3.20. The summed E-state index contributed by atoms with van der Waals surface area (Å²) in [6.45, 7) is 4.83. The van der Waals surface area contributed by atoms with Crippen LogP contribution in [0.15, 0.2) is 0 Å². The summed E-state index contributed by atoms with van der Waals surface area (Å²) in [6, 6.07) is 0.629. The van der Waals surface area contributed by atoms with E-state index in [9.17, 15) is 8.42 Å². The lowest BCUT2D eigenvalue weighted by molar-refractivity contribution is 0.501. The van der Waals surface area contributed by atoms with Gasteiger partial charge in [-0.25, -0.2) is 8.42 Å². The van der Waals surface area contributed by atoms with Gasteiger partial charge in [0.15, 0.2) is 0 Å². The van der Waals surface area contributed by atoms with Crippen LogP contribution in [0.5, 0.6) is 0 Å². The molecule has 0 bridgehead atoms. The molecule has 0 radical (unpaired) electrons. The van der Waals surface area contributed by atoms with E-state index in [4.69, 9.17) is 0 Å². The van der Waals surface area contributed by atoms with Crippen LogP contribution in [0.4, 0.5) is 0 Å². The maximum absolute atomic E-state index is 11.2. The van der Waals surface area contributed by atoms with Crippen molar-refractivity contribution in [3.63, 3.8) is 0 Å². The van der Waals surface area contributed by atoms with Crippen molar-refractivity contribution in [2.45, 2.75) is 45.6 Å². The smallest absolute Gasteiger partial charge is 0.150 e. The molecule has 0 spiro atoms. The van der Waals surface area contributed by atoms with Crippen LogP contribution >= 0.6 is 0 Å². The van der Waals surface area contributed by atoms with E-state index in [1.165, 1.54) is 19.3 Å². The van der Waals surface area contributed by atoms with Crippen molar-refractivity contribution in [3.05, 3.63) is 0 Å². The highest BCUT2D eigenvalue weighted by molar-refractivity contribution is 7.91. The van der Waals surface area contributed by atoms with E-state index < -0.39 is 9.84 Å². The minimum atomic E-state index is -2.77. The van der Waals surface area contributed by atoms with Gasteiger partial charge in [0.1, 0.15) is 9.84 Å². The Kier molecular flexibility index (Phi) is 5.06. The molecule has 2 atom stereocenters. The molecule has 1 aliphatic carbocycles. The van der Waals surface area contributed by atoms with E-state index in [1.54, 1.807) is 6.92 Å². The standard InChI is InChI=1S/C11H23NO2S/c1-3-15(13,14)8-4-7-12-11-6-5-10(2)9-11/h10-12H,3-9H2,1-2H3. The van der Waals surface area contributed by atoms with Crippen LogP contribution in [-0.4, -0.2) is 32.5 Å². The van der Waals surface area contributed by atoms with Crippen molar-refractivity contribution in [1.29, 1.82) is 0 Å². The number of sulfone groups is 1. The van der Waals surface area contributed by atoms with Gasteiger partial charge in [-0.3, -0.25) is 0 Å². The molecule has 0 aliphatic heterocycles. The van der Waals surface area contributed by atoms with Crippen molar-refractivity contribution in [1.82, 2.24) is 5.32 Å². The second-order valence-electron chi connectivity index (χ2n) is 4.66. The van der Waals surface area contributed by atoms with Crippen LogP contribution in [0.1, 0.15) is 39.5 Å². The van der Waals surface area contributed by atoms with Gasteiger partial charge in [-0.1, -0.05) is 13.8 Å². The Labute approximate surface area is 93.6 Å². The summed E-state index contributed by atoms with van der Waals surface area (Å²) in [4.78, 5) is 0. The van der Waals surface area contributed by atoms with Crippen LogP contribution in [0.3, 0.4) is 0 Å². The van der Waals surface area contributed by atoms with E-state index >= 15 is 0 Å². The molecule has 1 aliphatic rings. The molecule has 0 saturated heterocycles. The molecule has 3 nitrogen and oxygen atoms in total. The average Bonchev–Trinajstić information content (AvgIpc) is 2.59. The molecular formula is C11H23NO2S. The van der Waals surface area contributed by atoms with Crippen molar-refractivity contribution >= 4 is 9.84 Å². The van der Waals surface area contributed by atoms with Crippen molar-refractivity contribution in [3.8, 4) is 0 Å². The molecule has 1 N–H and O–H groups in total. The van der Waals surface area contributed by atoms with Crippen molar-refractivity contribution in [2.24, 2.45) is 5.92 Å². The zero-order chi connectivity index (χ0) is 11.3. The highest BCUT2D eigenvalue weighted by Crippen LogP contribution is 2.24. The fourth-order valence-electron chi connectivity index (χ4n) is 2.14. The second kappa shape index (κ2) is 5.85. The highest BCUT2D eigenvalue weighted by atomic mass is 32.2. The van der Waals surface area contributed by atoms with Gasteiger partial charge in [0.05, 0.1) is 5.75 Å². The molecule has 90 valence electrons. The predicted molar refractivity (Wildman–Crippen MR) is 63.8 cm³/mol. The van der Waals surface area contributed by atoms with Crippen LogP contribution < -0.4 is 5.32 Å². The Balaban J connectivity index is 2.07. The van der Waals surface area contributed by atoms with Gasteiger partial charge in [-0.2, -0.15) is 0 Å². The first-order chi connectivity index (χ1) is 7.03. The van der Waals surface area contributed by atoms with Crippen LogP contribution in [0, 0.1) is 5.92 Å². The van der Waals surface area contributed by atoms with Crippen molar-refractivity contribution < 1.29 is 8.42 Å². The third-order valence-corrected chi connectivity index (χ3v) is 4.99. The third kappa shape index (κ3) is 4.98. The summed E-state index contributed by atoms with van der Waals surface area (Å²) in [7, 11) is -2.77. The van der Waals surface area contributed by atoms with Gasteiger partial charge in [0.2, 0.25) is 0 Å². The first-order valence-electron chi connectivity index (χ1n) is 5.97. The molecule has 0 amide bonds. The van der Waals surface area contributed by atoms with E-state index in [0.29, 0.717) is 11.8 Å². The number of hydrogen-bond donors (Lipinski definition) is 1. The fourth-order valence-corrected chi connectivity index (χ4v) is 3.01. The van der Waals surface area contributed by atoms with E-state index in [1.807, 2.05) is 0 Å². The monoisotopic (exact) mass is 233 g/mol. The Bertz CT molecular complexity index is 274. The van der Waals surface area contributed by atoms with Crippen LogP contribution in [0.2, 0.25) is 0 Å². The maximum Gasteiger partial charge on any atom is 0.150 e. The molecular weight excluding hydrogens is 210 g/mol. The van der Waals surface area contributed by atoms with Crippen LogP contribution in [-0.2, 0) is 9.84 Å². The molecule has 15 heavy (non-hydrogen) atoms. The molecule has 0 aromatic rings. The minimum Gasteiger partial charge on any atom is -0.314 e. The molecule has 0 aromatic heterocycles. The second-order valence-corrected chi connectivity index (χ2v) is 7.13.